The summed E-state index contributed by atoms with van der Waals surface area (Å²) in [4.78, 5) is 11.1. The van der Waals surface area contributed by atoms with Gasteiger partial charge in [0.05, 0.1) is 13.2 Å². The molecule has 0 aromatic heterocycles. The Morgan fingerprint density at radius 2 is 2.11 bits per heavy atom. The predicted molar refractivity (Wildman–Crippen MR) is 74.1 cm³/mol. The molecule has 1 aliphatic carbocycles. The summed E-state index contributed by atoms with van der Waals surface area (Å²) in [5.41, 5.74) is 4.15. The number of esters is 1. The first-order valence-corrected chi connectivity index (χ1v) is 6.79. The molecule has 0 bridgehead atoms. The molecule has 0 heterocycles. The third kappa shape index (κ3) is 3.93. The summed E-state index contributed by atoms with van der Waals surface area (Å²) in [5, 5.41) is 0. The van der Waals surface area contributed by atoms with Crippen LogP contribution in [0.2, 0.25) is 0 Å². The van der Waals surface area contributed by atoms with Gasteiger partial charge in [-0.1, -0.05) is 30.4 Å². The minimum atomic E-state index is -0.291. The molecule has 0 N–H and O–H groups in total. The standard InChI is InChI=1S/C16H20O3/c1-2-19-16(17)12-18-11-10-14-8-5-7-13-6-3-4-9-15(13)14/h3-5,7-8H,2,6,9-12H2,1H3. The zero-order valence-corrected chi connectivity index (χ0v) is 11.4. The third-order valence-corrected chi connectivity index (χ3v) is 3.24. The number of hydrogen-bond donors (Lipinski definition) is 0. The van der Waals surface area contributed by atoms with Crippen molar-refractivity contribution in [2.24, 2.45) is 0 Å². The van der Waals surface area contributed by atoms with Crippen molar-refractivity contribution in [1.82, 2.24) is 0 Å². The van der Waals surface area contributed by atoms with Crippen LogP contribution in [0.3, 0.4) is 0 Å². The minimum Gasteiger partial charge on any atom is -0.464 e. The first-order chi connectivity index (χ1) is 9.31. The van der Waals surface area contributed by atoms with Gasteiger partial charge in [-0.2, -0.15) is 0 Å². The maximum atomic E-state index is 11.1. The first kappa shape index (κ1) is 13.8. The Balaban J connectivity index is 1.82. The Hall–Kier alpha value is -1.61. The van der Waals surface area contributed by atoms with Crippen LogP contribution < -0.4 is 0 Å². The Kier molecular flexibility index (Phi) is 5.16. The number of allylic oxidation sites excluding steroid dienone is 2. The van der Waals surface area contributed by atoms with Crippen LogP contribution in [0.15, 0.2) is 30.4 Å². The lowest BCUT2D eigenvalue weighted by Crippen LogP contribution is -2.14. The molecule has 1 aromatic rings. The van der Waals surface area contributed by atoms with Crippen LogP contribution in [0.5, 0.6) is 0 Å². The van der Waals surface area contributed by atoms with Gasteiger partial charge in [0, 0.05) is 0 Å². The van der Waals surface area contributed by atoms with Gasteiger partial charge in [-0.05, 0) is 42.9 Å². The largest absolute Gasteiger partial charge is 0.464 e. The molecule has 1 aromatic carbocycles. The van der Waals surface area contributed by atoms with E-state index in [1.807, 2.05) is 0 Å². The zero-order chi connectivity index (χ0) is 13.5. The second-order valence-electron chi connectivity index (χ2n) is 4.54. The molecular formula is C16H20O3. The van der Waals surface area contributed by atoms with Crippen molar-refractivity contribution in [2.45, 2.75) is 26.2 Å². The van der Waals surface area contributed by atoms with Gasteiger partial charge in [-0.3, -0.25) is 0 Å². The topological polar surface area (TPSA) is 35.5 Å². The summed E-state index contributed by atoms with van der Waals surface area (Å²) in [6.45, 7) is 2.80. The van der Waals surface area contributed by atoms with Crippen LogP contribution in [0.25, 0.3) is 0 Å². The summed E-state index contributed by atoms with van der Waals surface area (Å²) in [6.07, 6.45) is 7.29. The fraction of sp³-hybridized carbons (Fsp3) is 0.438. The van der Waals surface area contributed by atoms with E-state index in [9.17, 15) is 4.79 Å². The van der Waals surface area contributed by atoms with Crippen molar-refractivity contribution in [2.75, 3.05) is 19.8 Å². The highest BCUT2D eigenvalue weighted by molar-refractivity contribution is 5.70. The average Bonchev–Trinajstić information content (AvgIpc) is 2.44. The van der Waals surface area contributed by atoms with Crippen LogP contribution in [-0.4, -0.2) is 25.8 Å². The van der Waals surface area contributed by atoms with E-state index in [0.29, 0.717) is 13.2 Å². The lowest BCUT2D eigenvalue weighted by molar-refractivity contribution is -0.148. The smallest absolute Gasteiger partial charge is 0.332 e. The molecule has 0 radical (unpaired) electrons. The van der Waals surface area contributed by atoms with Gasteiger partial charge in [0.1, 0.15) is 6.61 Å². The Bertz CT molecular complexity index is 463. The van der Waals surface area contributed by atoms with Crippen molar-refractivity contribution in [3.05, 3.63) is 47.0 Å². The van der Waals surface area contributed by atoms with Crippen molar-refractivity contribution in [3.8, 4) is 0 Å². The molecule has 0 saturated carbocycles. The van der Waals surface area contributed by atoms with E-state index < -0.39 is 0 Å². The van der Waals surface area contributed by atoms with Crippen molar-refractivity contribution in [3.63, 3.8) is 0 Å². The number of rotatable bonds is 6. The van der Waals surface area contributed by atoms with Gasteiger partial charge in [-0.25, -0.2) is 4.79 Å². The van der Waals surface area contributed by atoms with Gasteiger partial charge in [0.15, 0.2) is 0 Å². The van der Waals surface area contributed by atoms with Crippen molar-refractivity contribution < 1.29 is 14.3 Å². The highest BCUT2D eigenvalue weighted by Gasteiger charge is 2.09. The molecule has 0 amide bonds. The number of benzene rings is 1. The number of ether oxygens (including phenoxy) is 2. The zero-order valence-electron chi connectivity index (χ0n) is 11.4. The fourth-order valence-corrected chi connectivity index (χ4v) is 2.33. The van der Waals surface area contributed by atoms with Gasteiger partial charge in [0.2, 0.25) is 0 Å². The molecule has 1 aliphatic rings. The fourth-order valence-electron chi connectivity index (χ4n) is 2.33. The maximum Gasteiger partial charge on any atom is 0.332 e. The van der Waals surface area contributed by atoms with Crippen LogP contribution in [-0.2, 0) is 33.5 Å². The van der Waals surface area contributed by atoms with Crippen LogP contribution in [0, 0.1) is 0 Å². The maximum absolute atomic E-state index is 11.1. The molecule has 2 rings (SSSR count). The minimum absolute atomic E-state index is 0.0444. The Morgan fingerprint density at radius 1 is 1.26 bits per heavy atom. The summed E-state index contributed by atoms with van der Waals surface area (Å²) in [7, 11) is 0. The molecule has 0 aliphatic heterocycles. The number of carbonyl (C=O) groups is 1. The molecule has 3 nitrogen and oxygen atoms in total. The number of hydrogen-bond acceptors (Lipinski definition) is 3. The molecule has 102 valence electrons. The molecule has 0 spiro atoms. The summed E-state index contributed by atoms with van der Waals surface area (Å²) in [6, 6.07) is 6.42. The molecule has 0 atom stereocenters. The van der Waals surface area contributed by atoms with E-state index in [1.54, 1.807) is 6.92 Å². The second kappa shape index (κ2) is 7.10. The summed E-state index contributed by atoms with van der Waals surface area (Å²) in [5.74, 6) is -0.291. The number of fused-ring (bicyclic) bond motifs is 1. The molecule has 0 unspecified atom stereocenters. The first-order valence-electron chi connectivity index (χ1n) is 6.79. The second-order valence-corrected chi connectivity index (χ2v) is 4.54. The number of carbonyl (C=O) groups excluding carboxylic acids is 1. The van der Waals surface area contributed by atoms with Crippen molar-refractivity contribution >= 4 is 5.97 Å². The van der Waals surface area contributed by atoms with Gasteiger partial charge >= 0.3 is 5.97 Å². The third-order valence-electron chi connectivity index (χ3n) is 3.24. The quantitative estimate of drug-likeness (QED) is 0.448. The van der Waals surface area contributed by atoms with E-state index in [0.717, 1.165) is 19.3 Å². The van der Waals surface area contributed by atoms with E-state index in [4.69, 9.17) is 9.47 Å². The van der Waals surface area contributed by atoms with Gasteiger partial charge < -0.3 is 9.47 Å². The average molecular weight is 260 g/mol. The lowest BCUT2D eigenvalue weighted by Gasteiger charge is -2.15. The van der Waals surface area contributed by atoms with Crippen LogP contribution in [0.1, 0.15) is 23.6 Å². The molecule has 3 heteroatoms. The van der Waals surface area contributed by atoms with E-state index in [-0.39, 0.29) is 12.6 Å². The van der Waals surface area contributed by atoms with E-state index in [2.05, 4.69) is 30.4 Å². The summed E-state index contributed by atoms with van der Waals surface area (Å²) >= 11 is 0. The predicted octanol–water partition coefficient (Wildman–Crippen LogP) is 2.46. The van der Waals surface area contributed by atoms with Gasteiger partial charge in [-0.15, -0.1) is 0 Å². The highest BCUT2D eigenvalue weighted by Crippen LogP contribution is 2.21. The molecule has 0 saturated heterocycles. The van der Waals surface area contributed by atoms with Gasteiger partial charge in [0.25, 0.3) is 0 Å². The van der Waals surface area contributed by atoms with E-state index in [1.165, 1.54) is 16.7 Å². The Morgan fingerprint density at radius 3 is 2.95 bits per heavy atom. The summed E-state index contributed by atoms with van der Waals surface area (Å²) < 4.78 is 10.2. The van der Waals surface area contributed by atoms with Crippen molar-refractivity contribution in [1.29, 1.82) is 0 Å². The molecule has 0 fully saturated rings. The van der Waals surface area contributed by atoms with Crippen LogP contribution in [0.4, 0.5) is 0 Å². The molecule has 19 heavy (non-hydrogen) atoms. The van der Waals surface area contributed by atoms with Crippen LogP contribution >= 0.6 is 0 Å². The Labute approximate surface area is 114 Å². The normalized spacial score (nSPS) is 13.1. The lowest BCUT2D eigenvalue weighted by atomic mass is 9.91. The highest BCUT2D eigenvalue weighted by atomic mass is 16.6. The van der Waals surface area contributed by atoms with E-state index >= 15 is 0 Å². The molecular weight excluding hydrogens is 240 g/mol. The monoisotopic (exact) mass is 260 g/mol. The SMILES string of the molecule is CCOC(=O)COCCc1cccc2c1CC=CC2.